The van der Waals surface area contributed by atoms with Crippen molar-refractivity contribution in [2.24, 2.45) is 5.92 Å². The third-order valence-corrected chi connectivity index (χ3v) is 3.96. The number of benzene rings is 1. The predicted molar refractivity (Wildman–Crippen MR) is 73.1 cm³/mol. The Balaban J connectivity index is 1.98. The molecular weight excluding hydrogens is 278 g/mol. The van der Waals surface area contributed by atoms with Crippen molar-refractivity contribution in [3.8, 4) is 0 Å². The summed E-state index contributed by atoms with van der Waals surface area (Å²) >= 11 is 3.43. The highest BCUT2D eigenvalue weighted by Gasteiger charge is 2.37. The third kappa shape index (κ3) is 3.09. The Morgan fingerprint density at radius 3 is 3.00 bits per heavy atom. The number of carbonyl (C=O) groups is 1. The van der Waals surface area contributed by atoms with Crippen LogP contribution in [0.2, 0.25) is 0 Å². The van der Waals surface area contributed by atoms with E-state index < -0.39 is 0 Å². The maximum Gasteiger partial charge on any atom is 0.252 e. The number of carbonyl (C=O) groups excluding carboxylic acids is 1. The van der Waals surface area contributed by atoms with Gasteiger partial charge in [0.1, 0.15) is 0 Å². The average molecular weight is 296 g/mol. The minimum atomic E-state index is 0.0455. The number of hydrogen-bond acceptors (Lipinski definition) is 1. The quantitative estimate of drug-likeness (QED) is 0.902. The number of aryl methyl sites for hydroxylation is 1. The van der Waals surface area contributed by atoms with Crippen molar-refractivity contribution in [3.63, 3.8) is 0 Å². The smallest absolute Gasteiger partial charge is 0.252 e. The number of amides is 1. The fourth-order valence-corrected chi connectivity index (χ4v) is 2.60. The molecule has 2 unspecified atom stereocenters. The van der Waals surface area contributed by atoms with Gasteiger partial charge < -0.3 is 5.32 Å². The standard InChI is InChI=1S/C14H18BrNO/c1-3-4-10-8-13(10)16-14(17)11-7-9(2)5-6-12(11)15/h5-7,10,13H,3-4,8H2,1-2H3,(H,16,17). The van der Waals surface area contributed by atoms with E-state index >= 15 is 0 Å². The lowest BCUT2D eigenvalue weighted by Crippen LogP contribution is -2.27. The molecule has 92 valence electrons. The topological polar surface area (TPSA) is 29.1 Å². The molecule has 1 N–H and O–H groups in total. The summed E-state index contributed by atoms with van der Waals surface area (Å²) in [6, 6.07) is 6.25. The molecule has 1 aromatic carbocycles. The lowest BCUT2D eigenvalue weighted by atomic mass is 10.1. The molecule has 1 aliphatic carbocycles. The monoisotopic (exact) mass is 295 g/mol. The average Bonchev–Trinajstić information content (AvgIpc) is 3.00. The van der Waals surface area contributed by atoms with Gasteiger partial charge in [-0.25, -0.2) is 0 Å². The summed E-state index contributed by atoms with van der Waals surface area (Å²) in [5.74, 6) is 0.747. The molecule has 0 aromatic heterocycles. The van der Waals surface area contributed by atoms with Crippen molar-refractivity contribution in [3.05, 3.63) is 33.8 Å². The van der Waals surface area contributed by atoms with Gasteiger partial charge in [-0.05, 0) is 53.7 Å². The van der Waals surface area contributed by atoms with E-state index in [9.17, 15) is 4.79 Å². The van der Waals surface area contributed by atoms with Gasteiger partial charge >= 0.3 is 0 Å². The lowest BCUT2D eigenvalue weighted by molar-refractivity contribution is 0.0948. The van der Waals surface area contributed by atoms with Gasteiger partial charge in [-0.1, -0.05) is 25.0 Å². The van der Waals surface area contributed by atoms with Gasteiger partial charge in [0, 0.05) is 10.5 Å². The molecule has 1 aromatic rings. The SMILES string of the molecule is CCCC1CC1NC(=O)c1cc(C)ccc1Br. The van der Waals surface area contributed by atoms with Crippen LogP contribution in [0.1, 0.15) is 42.1 Å². The Morgan fingerprint density at radius 1 is 1.53 bits per heavy atom. The fraction of sp³-hybridized carbons (Fsp3) is 0.500. The van der Waals surface area contributed by atoms with Crippen LogP contribution in [-0.4, -0.2) is 11.9 Å². The van der Waals surface area contributed by atoms with Crippen LogP contribution in [-0.2, 0) is 0 Å². The molecule has 0 saturated heterocycles. The van der Waals surface area contributed by atoms with Crippen LogP contribution in [0.15, 0.2) is 22.7 Å². The second-order valence-electron chi connectivity index (χ2n) is 4.85. The zero-order valence-electron chi connectivity index (χ0n) is 10.3. The summed E-state index contributed by atoms with van der Waals surface area (Å²) in [4.78, 5) is 12.1. The molecule has 2 nitrogen and oxygen atoms in total. The Labute approximate surface area is 111 Å². The Bertz CT molecular complexity index is 430. The van der Waals surface area contributed by atoms with Crippen molar-refractivity contribution < 1.29 is 4.79 Å². The summed E-state index contributed by atoms with van der Waals surface area (Å²) in [5.41, 5.74) is 1.85. The molecule has 1 amide bonds. The van der Waals surface area contributed by atoms with E-state index in [-0.39, 0.29) is 5.91 Å². The highest BCUT2D eigenvalue weighted by Crippen LogP contribution is 2.35. The Kier molecular flexibility index (Phi) is 3.87. The van der Waals surface area contributed by atoms with E-state index in [2.05, 4.69) is 28.2 Å². The van der Waals surface area contributed by atoms with E-state index in [0.29, 0.717) is 12.0 Å². The molecule has 1 fully saturated rings. The molecule has 1 aliphatic rings. The van der Waals surface area contributed by atoms with Gasteiger partial charge in [0.05, 0.1) is 5.56 Å². The minimum absolute atomic E-state index is 0.0455. The van der Waals surface area contributed by atoms with Crippen LogP contribution < -0.4 is 5.32 Å². The molecule has 0 aliphatic heterocycles. The molecule has 2 rings (SSSR count). The Morgan fingerprint density at radius 2 is 2.29 bits per heavy atom. The second kappa shape index (κ2) is 5.21. The van der Waals surface area contributed by atoms with Crippen LogP contribution >= 0.6 is 15.9 Å². The molecular formula is C14H18BrNO. The molecule has 3 heteroatoms. The molecule has 0 heterocycles. The summed E-state index contributed by atoms with van der Waals surface area (Å²) in [6.07, 6.45) is 3.56. The van der Waals surface area contributed by atoms with Crippen LogP contribution in [0, 0.1) is 12.8 Å². The van der Waals surface area contributed by atoms with Gasteiger partial charge in [-0.15, -0.1) is 0 Å². The maximum atomic E-state index is 12.1. The summed E-state index contributed by atoms with van der Waals surface area (Å²) in [5, 5.41) is 3.10. The minimum Gasteiger partial charge on any atom is -0.349 e. The van der Waals surface area contributed by atoms with Gasteiger partial charge in [0.2, 0.25) is 0 Å². The van der Waals surface area contributed by atoms with E-state index in [1.165, 1.54) is 12.8 Å². The van der Waals surface area contributed by atoms with Crippen molar-refractivity contribution >= 4 is 21.8 Å². The second-order valence-corrected chi connectivity index (χ2v) is 5.70. The van der Waals surface area contributed by atoms with Gasteiger partial charge in [0.25, 0.3) is 5.91 Å². The summed E-state index contributed by atoms with van der Waals surface area (Å²) in [7, 11) is 0. The zero-order valence-corrected chi connectivity index (χ0v) is 11.9. The first kappa shape index (κ1) is 12.6. The first-order valence-corrected chi connectivity index (χ1v) is 6.98. The van der Waals surface area contributed by atoms with Crippen molar-refractivity contribution in [1.29, 1.82) is 0 Å². The van der Waals surface area contributed by atoms with Crippen LogP contribution in [0.3, 0.4) is 0 Å². The normalized spacial score (nSPS) is 22.3. The van der Waals surface area contributed by atoms with E-state index in [1.54, 1.807) is 0 Å². The van der Waals surface area contributed by atoms with E-state index in [0.717, 1.165) is 22.0 Å². The zero-order chi connectivity index (χ0) is 12.4. The van der Waals surface area contributed by atoms with E-state index in [4.69, 9.17) is 0 Å². The van der Waals surface area contributed by atoms with Gasteiger partial charge in [-0.3, -0.25) is 4.79 Å². The number of hydrogen-bond donors (Lipinski definition) is 1. The molecule has 17 heavy (non-hydrogen) atoms. The first-order chi connectivity index (χ1) is 8.11. The first-order valence-electron chi connectivity index (χ1n) is 6.19. The molecule has 0 bridgehead atoms. The Hall–Kier alpha value is -0.830. The lowest BCUT2D eigenvalue weighted by Gasteiger charge is -2.07. The fourth-order valence-electron chi connectivity index (χ4n) is 2.17. The molecule has 1 saturated carbocycles. The number of halogens is 1. The van der Waals surface area contributed by atoms with Crippen LogP contribution in [0.25, 0.3) is 0 Å². The summed E-state index contributed by atoms with van der Waals surface area (Å²) < 4.78 is 0.869. The van der Waals surface area contributed by atoms with E-state index in [1.807, 2.05) is 25.1 Å². The van der Waals surface area contributed by atoms with Crippen molar-refractivity contribution in [1.82, 2.24) is 5.32 Å². The summed E-state index contributed by atoms with van der Waals surface area (Å²) in [6.45, 7) is 4.19. The largest absolute Gasteiger partial charge is 0.349 e. The highest BCUT2D eigenvalue weighted by molar-refractivity contribution is 9.10. The van der Waals surface area contributed by atoms with Crippen LogP contribution in [0.5, 0.6) is 0 Å². The third-order valence-electron chi connectivity index (χ3n) is 3.27. The molecule has 0 radical (unpaired) electrons. The molecule has 2 atom stereocenters. The number of rotatable bonds is 4. The van der Waals surface area contributed by atoms with Crippen LogP contribution in [0.4, 0.5) is 0 Å². The van der Waals surface area contributed by atoms with Gasteiger partial charge in [-0.2, -0.15) is 0 Å². The predicted octanol–water partition coefficient (Wildman–Crippen LogP) is 3.68. The molecule has 0 spiro atoms. The highest BCUT2D eigenvalue weighted by atomic mass is 79.9. The van der Waals surface area contributed by atoms with Crippen molar-refractivity contribution in [2.75, 3.05) is 0 Å². The van der Waals surface area contributed by atoms with Gasteiger partial charge in [0.15, 0.2) is 0 Å². The van der Waals surface area contributed by atoms with Crippen molar-refractivity contribution in [2.45, 2.75) is 39.2 Å². The maximum absolute atomic E-state index is 12.1. The number of nitrogens with one attached hydrogen (secondary N) is 1.